The Morgan fingerprint density at radius 2 is 2.04 bits per heavy atom. The van der Waals surface area contributed by atoms with E-state index in [2.05, 4.69) is 30.2 Å². The molecule has 0 bridgehead atoms. The summed E-state index contributed by atoms with van der Waals surface area (Å²) >= 11 is 0.292. The lowest BCUT2D eigenvalue weighted by molar-refractivity contribution is -0.144. The van der Waals surface area contributed by atoms with E-state index < -0.39 is 12.0 Å². The number of hydrogen-bond donors (Lipinski definition) is 1. The fourth-order valence-electron chi connectivity index (χ4n) is 2.01. The molecule has 0 saturated carbocycles. The smallest absolute Gasteiger partial charge is 0.371 e. The minimum Gasteiger partial charge on any atom is -0.371 e. The van der Waals surface area contributed by atoms with Crippen molar-refractivity contribution in [3.63, 3.8) is 0 Å². The van der Waals surface area contributed by atoms with Gasteiger partial charge in [0.25, 0.3) is 5.75 Å². The van der Waals surface area contributed by atoms with E-state index in [1.165, 1.54) is 30.2 Å². The van der Waals surface area contributed by atoms with Crippen LogP contribution in [0.2, 0.25) is 0 Å². The van der Waals surface area contributed by atoms with Gasteiger partial charge in [0, 0.05) is 17.5 Å². The van der Waals surface area contributed by atoms with Crippen LogP contribution in [0.5, 0.6) is 0 Å². The third-order valence-corrected chi connectivity index (χ3v) is 3.39. The van der Waals surface area contributed by atoms with Crippen LogP contribution in [0.25, 0.3) is 17.0 Å². The molecule has 0 aliphatic heterocycles. The highest BCUT2D eigenvalue weighted by Crippen LogP contribution is 2.30. The molecule has 3 aromatic heterocycles. The van der Waals surface area contributed by atoms with Gasteiger partial charge in [-0.05, 0) is 6.07 Å². The molecular formula is C12H9F3N7OS+. The summed E-state index contributed by atoms with van der Waals surface area (Å²) in [6.07, 6.45) is -2.01. The number of fused-ring (bicyclic) bond motifs is 1. The van der Waals surface area contributed by atoms with Crippen LogP contribution < -0.4 is 5.32 Å². The van der Waals surface area contributed by atoms with Crippen LogP contribution >= 0.6 is 0 Å². The summed E-state index contributed by atoms with van der Waals surface area (Å²) in [6, 6.07) is 1.48. The zero-order valence-electron chi connectivity index (χ0n) is 12.1. The van der Waals surface area contributed by atoms with Gasteiger partial charge < -0.3 is 5.32 Å². The van der Waals surface area contributed by atoms with Gasteiger partial charge in [-0.1, -0.05) is 0 Å². The SMILES string of the molecule is CNc1nc(C(F)(F)F)nc2c1ncn2-c1ccnc(C[S+]=O)n1. The van der Waals surface area contributed by atoms with Crippen LogP contribution in [0.4, 0.5) is 19.0 Å². The fraction of sp³-hybridized carbons (Fsp3) is 0.250. The van der Waals surface area contributed by atoms with E-state index in [4.69, 9.17) is 0 Å². The largest absolute Gasteiger partial charge is 0.467 e. The number of hydrogen-bond acceptors (Lipinski definition) is 7. The topological polar surface area (TPSA) is 98.5 Å². The average Bonchev–Trinajstić information content (AvgIpc) is 2.97. The Balaban J connectivity index is 2.22. The molecule has 3 aromatic rings. The first-order valence-electron chi connectivity index (χ1n) is 6.51. The van der Waals surface area contributed by atoms with E-state index in [0.29, 0.717) is 11.7 Å². The second-order valence-corrected chi connectivity index (χ2v) is 5.05. The van der Waals surface area contributed by atoms with Gasteiger partial charge in [-0.3, -0.25) is 4.57 Å². The van der Waals surface area contributed by atoms with E-state index in [1.54, 1.807) is 0 Å². The van der Waals surface area contributed by atoms with Gasteiger partial charge in [0.15, 0.2) is 22.8 Å². The maximum Gasteiger partial charge on any atom is 0.467 e. The summed E-state index contributed by atoms with van der Waals surface area (Å²) in [4.78, 5) is 19.1. The van der Waals surface area contributed by atoms with Gasteiger partial charge >= 0.3 is 17.8 Å². The fourth-order valence-corrected chi connectivity index (χ4v) is 2.26. The molecule has 0 aliphatic rings. The number of anilines is 1. The Morgan fingerprint density at radius 3 is 2.71 bits per heavy atom. The number of alkyl halides is 3. The Labute approximate surface area is 136 Å². The first-order valence-corrected chi connectivity index (χ1v) is 7.42. The van der Waals surface area contributed by atoms with Crippen LogP contribution in [0, 0.1) is 0 Å². The number of imidazole rings is 1. The van der Waals surface area contributed by atoms with Gasteiger partial charge in [0.05, 0.1) is 0 Å². The molecule has 8 nitrogen and oxygen atoms in total. The standard InChI is InChI=1S/C12H9F3N7OS/c1-16-9-8-10(21-11(20-9)12(13,14)15)22(5-18-8)7-2-3-17-6(19-7)4-24-23/h2-3,5H,4H2,1H3,(H,16,20,21)/q+1. The molecule has 0 spiro atoms. The van der Waals surface area contributed by atoms with Crippen molar-refractivity contribution in [1.29, 1.82) is 0 Å². The molecule has 3 heterocycles. The molecule has 0 radical (unpaired) electrons. The minimum absolute atomic E-state index is 0.0328. The van der Waals surface area contributed by atoms with Crippen LogP contribution in [-0.2, 0) is 27.8 Å². The van der Waals surface area contributed by atoms with E-state index in [1.807, 2.05) is 0 Å². The van der Waals surface area contributed by atoms with E-state index in [-0.39, 0.29) is 34.4 Å². The summed E-state index contributed by atoms with van der Waals surface area (Å²) in [5.41, 5.74) is 0.116. The summed E-state index contributed by atoms with van der Waals surface area (Å²) in [6.45, 7) is 0. The second-order valence-electron chi connectivity index (χ2n) is 4.52. The lowest BCUT2D eigenvalue weighted by Gasteiger charge is -2.09. The zero-order chi connectivity index (χ0) is 17.3. The third kappa shape index (κ3) is 2.87. The second kappa shape index (κ2) is 6.03. The Morgan fingerprint density at radius 1 is 1.25 bits per heavy atom. The highest BCUT2D eigenvalue weighted by Gasteiger charge is 2.36. The van der Waals surface area contributed by atoms with Crippen molar-refractivity contribution in [1.82, 2.24) is 29.5 Å². The first-order chi connectivity index (χ1) is 11.4. The Bertz CT molecular complexity index is 911. The van der Waals surface area contributed by atoms with Gasteiger partial charge in [0.1, 0.15) is 12.1 Å². The molecule has 0 unspecified atom stereocenters. The van der Waals surface area contributed by atoms with E-state index >= 15 is 0 Å². The first kappa shape index (κ1) is 16.1. The molecule has 3 rings (SSSR count). The van der Waals surface area contributed by atoms with Crippen LogP contribution in [-0.4, -0.2) is 36.5 Å². The molecule has 12 heteroatoms. The molecule has 1 N–H and O–H groups in total. The van der Waals surface area contributed by atoms with Crippen molar-refractivity contribution >= 4 is 28.6 Å². The van der Waals surface area contributed by atoms with Gasteiger partial charge in [-0.2, -0.15) is 13.2 Å². The lowest BCUT2D eigenvalue weighted by atomic mass is 10.4. The van der Waals surface area contributed by atoms with Crippen LogP contribution in [0.1, 0.15) is 11.6 Å². The number of aromatic nitrogens is 6. The number of nitrogens with one attached hydrogen (secondary N) is 1. The highest BCUT2D eigenvalue weighted by molar-refractivity contribution is 7.64. The van der Waals surface area contributed by atoms with Gasteiger partial charge in [0.2, 0.25) is 5.82 Å². The molecular weight excluding hydrogens is 347 g/mol. The van der Waals surface area contributed by atoms with Crippen molar-refractivity contribution in [2.45, 2.75) is 11.9 Å². The monoisotopic (exact) mass is 356 g/mol. The maximum atomic E-state index is 13.0. The Hall–Kier alpha value is -2.76. The van der Waals surface area contributed by atoms with Crippen molar-refractivity contribution in [3.05, 3.63) is 30.2 Å². The van der Waals surface area contributed by atoms with Crippen molar-refractivity contribution < 1.29 is 17.4 Å². The number of nitrogens with zero attached hydrogens (tertiary/aromatic N) is 6. The normalized spacial score (nSPS) is 11.7. The van der Waals surface area contributed by atoms with Crippen molar-refractivity contribution in [2.24, 2.45) is 0 Å². The van der Waals surface area contributed by atoms with Crippen molar-refractivity contribution in [3.8, 4) is 5.82 Å². The molecule has 0 atom stereocenters. The lowest BCUT2D eigenvalue weighted by Crippen LogP contribution is -2.13. The quantitative estimate of drug-likeness (QED) is 0.709. The molecule has 0 aliphatic carbocycles. The molecule has 0 fully saturated rings. The molecule has 0 aromatic carbocycles. The summed E-state index contributed by atoms with van der Waals surface area (Å²) in [5, 5.41) is 2.57. The number of rotatable bonds is 4. The highest BCUT2D eigenvalue weighted by atomic mass is 32.1. The van der Waals surface area contributed by atoms with E-state index in [9.17, 15) is 17.4 Å². The summed E-state index contributed by atoms with van der Waals surface area (Å²) in [7, 11) is 1.44. The van der Waals surface area contributed by atoms with E-state index in [0.717, 1.165) is 0 Å². The molecule has 0 amide bonds. The maximum absolute atomic E-state index is 13.0. The third-order valence-electron chi connectivity index (χ3n) is 3.01. The van der Waals surface area contributed by atoms with Crippen LogP contribution in [0.3, 0.4) is 0 Å². The van der Waals surface area contributed by atoms with Gasteiger partial charge in [-0.25, -0.2) is 24.9 Å². The zero-order valence-corrected chi connectivity index (χ0v) is 12.9. The molecule has 0 saturated heterocycles. The molecule has 24 heavy (non-hydrogen) atoms. The summed E-state index contributed by atoms with van der Waals surface area (Å²) in [5.74, 6) is -0.787. The predicted molar refractivity (Wildman–Crippen MR) is 78.6 cm³/mol. The average molecular weight is 356 g/mol. The predicted octanol–water partition coefficient (Wildman–Crippen LogP) is 1.59. The van der Waals surface area contributed by atoms with Crippen molar-refractivity contribution in [2.75, 3.05) is 12.4 Å². The van der Waals surface area contributed by atoms with Gasteiger partial charge in [-0.15, -0.1) is 0 Å². The molecule has 124 valence electrons. The minimum atomic E-state index is -4.70. The Kier molecular flexibility index (Phi) is 4.05. The van der Waals surface area contributed by atoms with Crippen LogP contribution in [0.15, 0.2) is 18.6 Å². The number of halogens is 3. The summed E-state index contributed by atoms with van der Waals surface area (Å²) < 4.78 is 50.9.